The van der Waals surface area contributed by atoms with Crippen molar-refractivity contribution in [3.05, 3.63) is 22.5 Å². The number of Topliss-reactive ketones (excluding diaryl/α,β-unsaturated/α-hetero) is 3. The molecule has 8 N–H and O–H groups in total. The zero-order valence-electron chi connectivity index (χ0n) is 21.1. The number of carbonyl (C=O) groups is 5. The average Bonchev–Trinajstić information content (AvgIpc) is 3.02. The van der Waals surface area contributed by atoms with Crippen LogP contribution in [0.2, 0.25) is 0 Å². The lowest BCUT2D eigenvalue weighted by Gasteiger charge is -2.53. The minimum absolute atomic E-state index is 0.134. The van der Waals surface area contributed by atoms with Crippen molar-refractivity contribution < 1.29 is 43.7 Å². The van der Waals surface area contributed by atoms with Crippen molar-refractivity contribution in [3.63, 3.8) is 0 Å². The molecule has 1 aromatic rings. The zero-order chi connectivity index (χ0) is 28.7. The highest BCUT2D eigenvalue weighted by molar-refractivity contribution is 6.33. The van der Waals surface area contributed by atoms with Crippen molar-refractivity contribution in [3.8, 4) is 5.75 Å². The first-order chi connectivity index (χ1) is 18.3. The average molecular weight is 546 g/mol. The Hall–Kier alpha value is -3.59. The van der Waals surface area contributed by atoms with Crippen molar-refractivity contribution in [1.82, 2.24) is 10.2 Å². The smallest absolute Gasteiger partial charge is 0.244 e. The fraction of sp³-hybridized carbons (Fsp3) is 0.520. The summed E-state index contributed by atoms with van der Waals surface area (Å²) in [6.07, 6.45) is -0.353. The van der Waals surface area contributed by atoms with Gasteiger partial charge in [0.2, 0.25) is 11.8 Å². The molecular formula is C25H28FN5O8. The Kier molecular flexibility index (Phi) is 6.21. The van der Waals surface area contributed by atoms with Gasteiger partial charge in [-0.05, 0) is 32.9 Å². The van der Waals surface area contributed by atoms with Gasteiger partial charge in [0.15, 0.2) is 28.7 Å². The molecule has 14 heteroatoms. The molecular weight excluding hydrogens is 517 g/mol. The third-order valence-corrected chi connectivity index (χ3v) is 8.59. The fourth-order valence-electron chi connectivity index (χ4n) is 6.78. The van der Waals surface area contributed by atoms with Crippen molar-refractivity contribution in [1.29, 1.82) is 5.41 Å². The van der Waals surface area contributed by atoms with Crippen LogP contribution in [0, 0.1) is 34.9 Å². The number of rotatable bonds is 3. The number of phenolic OH excluding ortho intramolecular Hbond substituents is 1. The van der Waals surface area contributed by atoms with Crippen molar-refractivity contribution in [2.24, 2.45) is 29.4 Å². The SMILES string of the molecule is CN(C)C1C(=O)C(C(N)=O)C(=N)C2(O)C(=O)C3C(=O)c4c(O)c5c(c(F)c4CC3CC12)CNC(CO)C(=O)N5. The number of amides is 2. The minimum Gasteiger partial charge on any atom is -0.505 e. The second-order valence-electron chi connectivity index (χ2n) is 10.8. The second-order valence-corrected chi connectivity index (χ2v) is 10.8. The fourth-order valence-corrected chi connectivity index (χ4v) is 6.78. The first-order valence-electron chi connectivity index (χ1n) is 12.4. The van der Waals surface area contributed by atoms with E-state index in [2.05, 4.69) is 10.6 Å². The van der Waals surface area contributed by atoms with E-state index in [-0.39, 0.29) is 36.2 Å². The highest BCUT2D eigenvalue weighted by Gasteiger charge is 2.67. The van der Waals surface area contributed by atoms with Gasteiger partial charge in [0.05, 0.1) is 35.5 Å². The van der Waals surface area contributed by atoms with E-state index >= 15 is 4.39 Å². The van der Waals surface area contributed by atoms with Gasteiger partial charge in [-0.2, -0.15) is 0 Å². The van der Waals surface area contributed by atoms with E-state index in [0.29, 0.717) is 0 Å². The Morgan fingerprint density at radius 2 is 1.90 bits per heavy atom. The number of hydrogen-bond acceptors (Lipinski definition) is 11. The van der Waals surface area contributed by atoms with E-state index < -0.39 is 100.0 Å². The molecule has 0 aromatic heterocycles. The largest absolute Gasteiger partial charge is 0.505 e. The summed E-state index contributed by atoms with van der Waals surface area (Å²) in [5.74, 6) is -12.1. The molecule has 1 aliphatic heterocycles. The highest BCUT2D eigenvalue weighted by Crippen LogP contribution is 2.52. The summed E-state index contributed by atoms with van der Waals surface area (Å²) in [4.78, 5) is 66.8. The molecule has 2 fully saturated rings. The lowest BCUT2D eigenvalue weighted by Crippen LogP contribution is -2.73. The molecule has 39 heavy (non-hydrogen) atoms. The third-order valence-electron chi connectivity index (χ3n) is 8.59. The highest BCUT2D eigenvalue weighted by atomic mass is 19.1. The summed E-state index contributed by atoms with van der Waals surface area (Å²) in [5.41, 5.74) is 0.570. The number of phenols is 1. The Balaban J connectivity index is 1.65. The Labute approximate surface area is 221 Å². The summed E-state index contributed by atoms with van der Waals surface area (Å²) in [7, 11) is 3.00. The van der Waals surface area contributed by atoms with Gasteiger partial charge in [-0.3, -0.25) is 34.2 Å². The molecule has 3 aliphatic carbocycles. The van der Waals surface area contributed by atoms with Crippen LogP contribution in [0.4, 0.5) is 10.1 Å². The molecule has 208 valence electrons. The number of anilines is 1. The number of primary amides is 1. The number of halogens is 1. The summed E-state index contributed by atoms with van der Waals surface area (Å²) in [6, 6.07) is -2.29. The number of benzene rings is 1. The van der Waals surface area contributed by atoms with Crippen LogP contribution in [0.5, 0.6) is 5.75 Å². The number of aliphatic hydroxyl groups is 2. The maximum Gasteiger partial charge on any atom is 0.244 e. The standard InChI is InChI=1S/C25H28FN5O8/c1-31(2)17-10-4-7-3-8-13(19(34)16-9(15(8)26)5-29-11(6-32)24(38)30-16)18(33)12(7)22(36)25(10,39)21(27)14(20(17)35)23(28)37/h7,10-12,14,17,27,29,32,34,39H,3-6H2,1-2H3,(H2,28,37)(H,30,38). The quantitative estimate of drug-likeness (QED) is 0.161. The van der Waals surface area contributed by atoms with Crippen LogP contribution in [-0.2, 0) is 32.1 Å². The maximum absolute atomic E-state index is 15.9. The predicted octanol–water partition coefficient (Wildman–Crippen LogP) is -2.14. The van der Waals surface area contributed by atoms with Crippen LogP contribution >= 0.6 is 0 Å². The first-order valence-corrected chi connectivity index (χ1v) is 12.4. The molecule has 0 saturated heterocycles. The van der Waals surface area contributed by atoms with Crippen LogP contribution in [0.1, 0.15) is 27.9 Å². The number of nitrogens with zero attached hydrogens (tertiary/aromatic N) is 1. The van der Waals surface area contributed by atoms with Gasteiger partial charge in [-0.25, -0.2) is 4.39 Å². The van der Waals surface area contributed by atoms with Crippen molar-refractivity contribution >= 4 is 40.6 Å². The van der Waals surface area contributed by atoms with Crippen molar-refractivity contribution in [2.45, 2.75) is 37.1 Å². The summed E-state index contributed by atoms with van der Waals surface area (Å²) in [6.45, 7) is -0.859. The molecule has 1 aromatic carbocycles. The van der Waals surface area contributed by atoms with Gasteiger partial charge in [-0.15, -0.1) is 0 Å². The van der Waals surface area contributed by atoms with Crippen LogP contribution in [0.15, 0.2) is 0 Å². The van der Waals surface area contributed by atoms with E-state index in [9.17, 15) is 39.3 Å². The van der Waals surface area contributed by atoms with Gasteiger partial charge in [-0.1, -0.05) is 0 Å². The number of nitrogens with one attached hydrogen (secondary N) is 3. The first kappa shape index (κ1) is 27.0. The number of carbonyl (C=O) groups excluding carboxylic acids is 5. The predicted molar refractivity (Wildman–Crippen MR) is 130 cm³/mol. The van der Waals surface area contributed by atoms with Gasteiger partial charge in [0.25, 0.3) is 0 Å². The molecule has 1 heterocycles. The molecule has 13 nitrogen and oxygen atoms in total. The zero-order valence-corrected chi connectivity index (χ0v) is 21.1. The normalized spacial score (nSPS) is 34.1. The van der Waals surface area contributed by atoms with E-state index in [4.69, 9.17) is 11.1 Å². The second kappa shape index (κ2) is 8.98. The van der Waals surface area contributed by atoms with E-state index in [1.54, 1.807) is 0 Å². The van der Waals surface area contributed by atoms with E-state index in [0.717, 1.165) is 0 Å². The minimum atomic E-state index is -2.68. The molecule has 7 unspecified atom stereocenters. The lowest BCUT2D eigenvalue weighted by atomic mass is 9.52. The third kappa shape index (κ3) is 3.51. The van der Waals surface area contributed by atoms with Crippen LogP contribution in [-0.4, -0.2) is 93.5 Å². The van der Waals surface area contributed by atoms with Crippen LogP contribution in [0.25, 0.3) is 0 Å². The van der Waals surface area contributed by atoms with Gasteiger partial charge >= 0.3 is 0 Å². The molecule has 0 spiro atoms. The Morgan fingerprint density at radius 1 is 1.23 bits per heavy atom. The molecule has 5 rings (SSSR count). The maximum atomic E-state index is 15.9. The Morgan fingerprint density at radius 3 is 2.49 bits per heavy atom. The van der Waals surface area contributed by atoms with Gasteiger partial charge in [0.1, 0.15) is 17.8 Å². The van der Waals surface area contributed by atoms with Crippen LogP contribution < -0.4 is 16.4 Å². The molecule has 2 saturated carbocycles. The topological polar surface area (TPSA) is 223 Å². The van der Waals surface area contributed by atoms with Gasteiger partial charge in [0, 0.05) is 23.6 Å². The number of nitrogens with two attached hydrogens (primary N) is 1. The monoisotopic (exact) mass is 545 g/mol. The molecule has 7 atom stereocenters. The molecule has 4 aliphatic rings. The number of hydrogen-bond donors (Lipinski definition) is 7. The molecule has 0 radical (unpaired) electrons. The molecule has 2 amide bonds. The van der Waals surface area contributed by atoms with Crippen molar-refractivity contribution in [2.75, 3.05) is 26.0 Å². The summed E-state index contributed by atoms with van der Waals surface area (Å²) < 4.78 is 15.9. The number of aliphatic hydroxyl groups excluding tert-OH is 1. The molecule has 0 bridgehead atoms. The number of likely N-dealkylation sites (N-methyl/N-ethyl adjacent to an activating group) is 1. The van der Waals surface area contributed by atoms with E-state index in [1.807, 2.05) is 0 Å². The van der Waals surface area contributed by atoms with E-state index in [1.165, 1.54) is 19.0 Å². The summed E-state index contributed by atoms with van der Waals surface area (Å²) >= 11 is 0. The Bertz CT molecular complexity index is 1380. The summed E-state index contributed by atoms with van der Waals surface area (Å²) in [5, 5.41) is 45.7. The number of fused-ring (bicyclic) bond motifs is 4. The lowest BCUT2D eigenvalue weighted by molar-refractivity contribution is -0.157. The number of aromatic hydroxyl groups is 1. The van der Waals surface area contributed by atoms with Crippen LogP contribution in [0.3, 0.4) is 0 Å². The van der Waals surface area contributed by atoms with Gasteiger partial charge < -0.3 is 31.8 Å². The number of ketones is 3.